The molecule has 0 atom stereocenters. The minimum absolute atomic E-state index is 0.832. The highest BCUT2D eigenvalue weighted by Crippen LogP contribution is 1.97. The van der Waals surface area contributed by atoms with E-state index in [0.29, 0.717) is 0 Å². The average molecular weight is 201 g/mol. The van der Waals surface area contributed by atoms with Gasteiger partial charge in [-0.05, 0) is 51.9 Å². The SMILES string of the molecule is NCCCCCCNCCCCCN. The van der Waals surface area contributed by atoms with Gasteiger partial charge in [-0.2, -0.15) is 0 Å². The molecule has 0 aliphatic carbocycles. The third kappa shape index (κ3) is 11.9. The summed E-state index contributed by atoms with van der Waals surface area (Å²) in [7, 11) is 0. The molecule has 3 nitrogen and oxygen atoms in total. The maximum absolute atomic E-state index is 5.41. The number of hydrogen-bond donors (Lipinski definition) is 3. The summed E-state index contributed by atoms with van der Waals surface area (Å²) in [6.45, 7) is 3.98. The van der Waals surface area contributed by atoms with Gasteiger partial charge in [0.25, 0.3) is 0 Å². The van der Waals surface area contributed by atoms with E-state index in [-0.39, 0.29) is 0 Å². The van der Waals surface area contributed by atoms with Crippen LogP contribution in [0.25, 0.3) is 0 Å². The number of nitrogens with two attached hydrogens (primary N) is 2. The molecule has 3 heteroatoms. The highest BCUT2D eigenvalue weighted by molar-refractivity contribution is 4.51. The van der Waals surface area contributed by atoms with Gasteiger partial charge in [-0.3, -0.25) is 0 Å². The van der Waals surface area contributed by atoms with Crippen molar-refractivity contribution in [2.75, 3.05) is 26.2 Å². The lowest BCUT2D eigenvalue weighted by Crippen LogP contribution is -2.16. The van der Waals surface area contributed by atoms with Crippen LogP contribution < -0.4 is 16.8 Å². The second-order valence-electron chi connectivity index (χ2n) is 3.80. The van der Waals surface area contributed by atoms with Crippen molar-refractivity contribution in [3.63, 3.8) is 0 Å². The standard InChI is InChI=1S/C11H27N3/c12-8-4-1-2-6-10-14-11-7-3-5-9-13/h14H,1-13H2. The van der Waals surface area contributed by atoms with Gasteiger partial charge in [-0.15, -0.1) is 0 Å². The monoisotopic (exact) mass is 201 g/mol. The summed E-state index contributed by atoms with van der Waals surface area (Å²) < 4.78 is 0. The molecule has 0 amide bonds. The van der Waals surface area contributed by atoms with Crippen molar-refractivity contribution in [3.8, 4) is 0 Å². The fourth-order valence-corrected chi connectivity index (χ4v) is 1.44. The Kier molecular flexibility index (Phi) is 12.8. The number of unbranched alkanes of at least 4 members (excludes halogenated alkanes) is 5. The quantitative estimate of drug-likeness (QED) is 0.440. The Hall–Kier alpha value is -0.120. The molecule has 0 aromatic rings. The van der Waals surface area contributed by atoms with Crippen LogP contribution in [0.15, 0.2) is 0 Å². The van der Waals surface area contributed by atoms with Crippen LogP contribution in [0.5, 0.6) is 0 Å². The van der Waals surface area contributed by atoms with E-state index in [0.717, 1.165) is 32.6 Å². The summed E-state index contributed by atoms with van der Waals surface area (Å²) in [6, 6.07) is 0. The van der Waals surface area contributed by atoms with Crippen LogP contribution in [-0.4, -0.2) is 26.2 Å². The van der Waals surface area contributed by atoms with E-state index in [1.807, 2.05) is 0 Å². The van der Waals surface area contributed by atoms with Crippen LogP contribution >= 0.6 is 0 Å². The summed E-state index contributed by atoms with van der Waals surface area (Å²) in [5.41, 5.74) is 10.8. The van der Waals surface area contributed by atoms with Crippen molar-refractivity contribution in [3.05, 3.63) is 0 Å². The molecule has 0 saturated heterocycles. The van der Waals surface area contributed by atoms with Gasteiger partial charge in [0.2, 0.25) is 0 Å². The van der Waals surface area contributed by atoms with Crippen molar-refractivity contribution in [2.45, 2.75) is 44.9 Å². The molecule has 0 aromatic heterocycles. The maximum atomic E-state index is 5.41. The van der Waals surface area contributed by atoms with E-state index in [9.17, 15) is 0 Å². The topological polar surface area (TPSA) is 64.1 Å². The van der Waals surface area contributed by atoms with Gasteiger partial charge in [-0.25, -0.2) is 0 Å². The first-order valence-electron chi connectivity index (χ1n) is 6.02. The minimum Gasteiger partial charge on any atom is -0.330 e. The molecule has 14 heavy (non-hydrogen) atoms. The zero-order valence-electron chi connectivity index (χ0n) is 9.43. The molecule has 0 aliphatic rings. The van der Waals surface area contributed by atoms with Gasteiger partial charge in [0.15, 0.2) is 0 Å². The molecular weight excluding hydrogens is 174 g/mol. The maximum Gasteiger partial charge on any atom is -0.00489 e. The number of rotatable bonds is 11. The minimum atomic E-state index is 0.832. The Morgan fingerprint density at radius 2 is 1.00 bits per heavy atom. The summed E-state index contributed by atoms with van der Waals surface area (Å²) >= 11 is 0. The molecule has 5 N–H and O–H groups in total. The molecule has 0 saturated carbocycles. The fourth-order valence-electron chi connectivity index (χ4n) is 1.44. The van der Waals surface area contributed by atoms with Gasteiger partial charge < -0.3 is 16.8 Å². The molecule has 0 aromatic carbocycles. The number of hydrogen-bond acceptors (Lipinski definition) is 3. The van der Waals surface area contributed by atoms with Crippen LogP contribution in [0.2, 0.25) is 0 Å². The highest BCUT2D eigenvalue weighted by atomic mass is 14.8. The number of nitrogens with one attached hydrogen (secondary N) is 1. The van der Waals surface area contributed by atoms with E-state index in [4.69, 9.17) is 11.5 Å². The van der Waals surface area contributed by atoms with Crippen LogP contribution in [-0.2, 0) is 0 Å². The van der Waals surface area contributed by atoms with Crippen LogP contribution in [0.3, 0.4) is 0 Å². The van der Waals surface area contributed by atoms with Gasteiger partial charge in [0.05, 0.1) is 0 Å². The van der Waals surface area contributed by atoms with Crippen LogP contribution in [0, 0.1) is 0 Å². The zero-order chi connectivity index (χ0) is 10.5. The van der Waals surface area contributed by atoms with Crippen molar-refractivity contribution in [2.24, 2.45) is 11.5 Å². The van der Waals surface area contributed by atoms with Crippen molar-refractivity contribution < 1.29 is 0 Å². The molecule has 0 fully saturated rings. The Morgan fingerprint density at radius 1 is 0.571 bits per heavy atom. The van der Waals surface area contributed by atoms with Crippen molar-refractivity contribution in [1.29, 1.82) is 0 Å². The molecule has 0 heterocycles. The summed E-state index contributed by atoms with van der Waals surface area (Å²) in [5, 5.41) is 3.45. The Morgan fingerprint density at radius 3 is 1.50 bits per heavy atom. The molecule has 0 aliphatic heterocycles. The van der Waals surface area contributed by atoms with Crippen molar-refractivity contribution in [1.82, 2.24) is 5.32 Å². The largest absolute Gasteiger partial charge is 0.330 e. The Bertz CT molecular complexity index is 84.5. The second-order valence-corrected chi connectivity index (χ2v) is 3.80. The molecule has 0 bridgehead atoms. The third-order valence-electron chi connectivity index (χ3n) is 2.37. The van der Waals surface area contributed by atoms with Gasteiger partial charge >= 0.3 is 0 Å². The lowest BCUT2D eigenvalue weighted by Gasteiger charge is -2.03. The van der Waals surface area contributed by atoms with Gasteiger partial charge in [-0.1, -0.05) is 19.3 Å². The summed E-state index contributed by atoms with van der Waals surface area (Å²) in [4.78, 5) is 0. The second kappa shape index (κ2) is 12.9. The normalized spacial score (nSPS) is 10.7. The first kappa shape index (κ1) is 13.9. The molecule has 0 unspecified atom stereocenters. The zero-order valence-corrected chi connectivity index (χ0v) is 9.43. The van der Waals surface area contributed by atoms with Gasteiger partial charge in [0, 0.05) is 0 Å². The lowest BCUT2D eigenvalue weighted by atomic mass is 10.2. The Labute approximate surface area is 88.6 Å². The van der Waals surface area contributed by atoms with E-state index >= 15 is 0 Å². The summed E-state index contributed by atoms with van der Waals surface area (Å²) in [6.07, 6.45) is 8.75. The lowest BCUT2D eigenvalue weighted by molar-refractivity contribution is 0.564. The smallest absolute Gasteiger partial charge is 0.00489 e. The first-order chi connectivity index (χ1) is 6.91. The van der Waals surface area contributed by atoms with Crippen LogP contribution in [0.4, 0.5) is 0 Å². The van der Waals surface area contributed by atoms with E-state index in [2.05, 4.69) is 5.32 Å². The van der Waals surface area contributed by atoms with Crippen LogP contribution in [0.1, 0.15) is 44.9 Å². The molecule has 0 radical (unpaired) electrons. The predicted molar refractivity (Wildman–Crippen MR) is 63.3 cm³/mol. The average Bonchev–Trinajstić information content (AvgIpc) is 2.21. The first-order valence-corrected chi connectivity index (χ1v) is 6.02. The Balaban J connectivity index is 2.78. The van der Waals surface area contributed by atoms with E-state index < -0.39 is 0 Å². The molecule has 86 valence electrons. The molecule has 0 spiro atoms. The highest BCUT2D eigenvalue weighted by Gasteiger charge is 1.90. The van der Waals surface area contributed by atoms with Crippen molar-refractivity contribution >= 4 is 0 Å². The molecule has 0 rings (SSSR count). The van der Waals surface area contributed by atoms with E-state index in [1.54, 1.807) is 0 Å². The van der Waals surface area contributed by atoms with Gasteiger partial charge in [0.1, 0.15) is 0 Å². The van der Waals surface area contributed by atoms with E-state index in [1.165, 1.54) is 38.5 Å². The predicted octanol–water partition coefficient (Wildman–Crippen LogP) is 1.22. The summed E-state index contributed by atoms with van der Waals surface area (Å²) in [5.74, 6) is 0. The third-order valence-corrected chi connectivity index (χ3v) is 2.37. The fraction of sp³-hybridized carbons (Fsp3) is 1.00. The molecular formula is C11H27N3.